The van der Waals surface area contributed by atoms with E-state index in [2.05, 4.69) is 4.98 Å². The van der Waals surface area contributed by atoms with Crippen molar-refractivity contribution in [2.24, 2.45) is 0 Å². The van der Waals surface area contributed by atoms with Gasteiger partial charge in [0.1, 0.15) is 11.6 Å². The van der Waals surface area contributed by atoms with Crippen molar-refractivity contribution in [3.63, 3.8) is 0 Å². The molecule has 0 bridgehead atoms. The van der Waals surface area contributed by atoms with Crippen molar-refractivity contribution in [2.75, 3.05) is 5.88 Å². The number of imidazole rings is 1. The minimum Gasteiger partial charge on any atom is -0.296 e. The van der Waals surface area contributed by atoms with Gasteiger partial charge in [0.2, 0.25) is 0 Å². The molecule has 21 heavy (non-hydrogen) atoms. The van der Waals surface area contributed by atoms with E-state index in [9.17, 15) is 13.2 Å². The standard InChI is InChI=1S/C15H10ClF3N2/c16-6-5-15-20-13-4-1-9(17)7-14(13)21(15)10-2-3-11(18)12(19)8-10/h1-4,7-8H,5-6H2. The minimum atomic E-state index is -0.970. The van der Waals surface area contributed by atoms with Crippen LogP contribution in [-0.4, -0.2) is 15.4 Å². The molecule has 0 atom stereocenters. The Labute approximate surface area is 123 Å². The number of benzene rings is 2. The van der Waals surface area contributed by atoms with Gasteiger partial charge in [-0.2, -0.15) is 0 Å². The highest BCUT2D eigenvalue weighted by Gasteiger charge is 2.14. The lowest BCUT2D eigenvalue weighted by Crippen LogP contribution is -2.03. The number of nitrogens with zero attached hydrogens (tertiary/aromatic N) is 2. The first-order valence-electron chi connectivity index (χ1n) is 6.28. The van der Waals surface area contributed by atoms with Crippen molar-refractivity contribution in [1.82, 2.24) is 9.55 Å². The molecule has 0 fully saturated rings. The van der Waals surface area contributed by atoms with Crippen molar-refractivity contribution < 1.29 is 13.2 Å². The van der Waals surface area contributed by atoms with Crippen molar-refractivity contribution in [3.05, 3.63) is 59.7 Å². The topological polar surface area (TPSA) is 17.8 Å². The summed E-state index contributed by atoms with van der Waals surface area (Å²) in [6.07, 6.45) is 0.427. The second kappa shape index (κ2) is 5.41. The highest BCUT2D eigenvalue weighted by molar-refractivity contribution is 6.17. The van der Waals surface area contributed by atoms with E-state index in [0.29, 0.717) is 34.8 Å². The van der Waals surface area contributed by atoms with Gasteiger partial charge in [0, 0.05) is 24.4 Å². The summed E-state index contributed by atoms with van der Waals surface area (Å²) in [5, 5.41) is 0. The first kappa shape index (κ1) is 13.9. The summed E-state index contributed by atoms with van der Waals surface area (Å²) in [5.74, 6) is -1.45. The van der Waals surface area contributed by atoms with Gasteiger partial charge in [-0.25, -0.2) is 18.2 Å². The molecular formula is C15H10ClF3N2. The number of hydrogen-bond donors (Lipinski definition) is 0. The summed E-state index contributed by atoms with van der Waals surface area (Å²) in [7, 11) is 0. The van der Waals surface area contributed by atoms with Crippen molar-refractivity contribution >= 4 is 22.6 Å². The van der Waals surface area contributed by atoms with Crippen LogP contribution in [0.4, 0.5) is 13.2 Å². The molecule has 108 valence electrons. The summed E-state index contributed by atoms with van der Waals surface area (Å²) in [5.41, 5.74) is 1.43. The lowest BCUT2D eigenvalue weighted by Gasteiger charge is -2.09. The molecule has 0 N–H and O–H groups in total. The molecule has 6 heteroatoms. The molecule has 0 amide bonds. The van der Waals surface area contributed by atoms with Crippen LogP contribution in [0, 0.1) is 17.5 Å². The third-order valence-corrected chi connectivity index (χ3v) is 3.35. The predicted molar refractivity (Wildman–Crippen MR) is 75.4 cm³/mol. The van der Waals surface area contributed by atoms with E-state index in [1.54, 1.807) is 10.6 Å². The van der Waals surface area contributed by atoms with Gasteiger partial charge < -0.3 is 0 Å². The molecule has 0 aliphatic heterocycles. The first-order chi connectivity index (χ1) is 10.1. The molecule has 1 aromatic heterocycles. The molecule has 0 saturated heterocycles. The van der Waals surface area contributed by atoms with Gasteiger partial charge in [-0.1, -0.05) is 0 Å². The first-order valence-corrected chi connectivity index (χ1v) is 6.82. The van der Waals surface area contributed by atoms with Crippen LogP contribution in [0.1, 0.15) is 5.82 Å². The molecule has 3 aromatic rings. The molecule has 0 saturated carbocycles. The predicted octanol–water partition coefficient (Wildman–Crippen LogP) is 4.22. The second-order valence-corrected chi connectivity index (χ2v) is 4.91. The van der Waals surface area contributed by atoms with Crippen LogP contribution in [-0.2, 0) is 6.42 Å². The van der Waals surface area contributed by atoms with Gasteiger partial charge in [-0.15, -0.1) is 11.6 Å². The highest BCUT2D eigenvalue weighted by atomic mass is 35.5. The zero-order valence-corrected chi connectivity index (χ0v) is 11.5. The van der Waals surface area contributed by atoms with Crippen LogP contribution in [0.15, 0.2) is 36.4 Å². The van der Waals surface area contributed by atoms with Gasteiger partial charge >= 0.3 is 0 Å². The molecule has 2 aromatic carbocycles. The van der Waals surface area contributed by atoms with Crippen molar-refractivity contribution in [3.8, 4) is 5.69 Å². The SMILES string of the molecule is Fc1ccc2nc(CCCl)n(-c3ccc(F)c(F)c3)c2c1. The van der Waals surface area contributed by atoms with Crippen molar-refractivity contribution in [2.45, 2.75) is 6.42 Å². The van der Waals surface area contributed by atoms with E-state index in [-0.39, 0.29) is 0 Å². The maximum absolute atomic E-state index is 13.5. The number of aryl methyl sites for hydroxylation is 1. The zero-order chi connectivity index (χ0) is 15.0. The van der Waals surface area contributed by atoms with Gasteiger partial charge in [-0.05, 0) is 24.3 Å². The Morgan fingerprint density at radius 3 is 2.52 bits per heavy atom. The van der Waals surface area contributed by atoms with E-state index >= 15 is 0 Å². The molecular weight excluding hydrogens is 301 g/mol. The van der Waals surface area contributed by atoms with Crippen molar-refractivity contribution in [1.29, 1.82) is 0 Å². The highest BCUT2D eigenvalue weighted by Crippen LogP contribution is 2.24. The van der Waals surface area contributed by atoms with E-state index in [1.165, 1.54) is 18.2 Å². The molecule has 1 heterocycles. The number of rotatable bonds is 3. The fourth-order valence-electron chi connectivity index (χ4n) is 2.26. The summed E-state index contributed by atoms with van der Waals surface area (Å²) in [6, 6.07) is 7.65. The molecule has 0 radical (unpaired) electrons. The summed E-state index contributed by atoms with van der Waals surface area (Å²) in [6.45, 7) is 0. The van der Waals surface area contributed by atoms with Gasteiger partial charge in [-0.3, -0.25) is 4.57 Å². The van der Waals surface area contributed by atoms with Crippen LogP contribution >= 0.6 is 11.6 Å². The Morgan fingerprint density at radius 2 is 1.81 bits per heavy atom. The van der Waals surface area contributed by atoms with Crippen LogP contribution < -0.4 is 0 Å². The minimum absolute atomic E-state index is 0.315. The lowest BCUT2D eigenvalue weighted by atomic mass is 10.2. The molecule has 0 aliphatic carbocycles. The van der Waals surface area contributed by atoms with Crippen LogP contribution in [0.25, 0.3) is 16.7 Å². The number of halogens is 4. The number of alkyl halides is 1. The van der Waals surface area contributed by atoms with Gasteiger partial charge in [0.05, 0.1) is 16.7 Å². The molecule has 0 spiro atoms. The fraction of sp³-hybridized carbons (Fsp3) is 0.133. The third kappa shape index (κ3) is 2.49. The van der Waals surface area contributed by atoms with Crippen LogP contribution in [0.5, 0.6) is 0 Å². The van der Waals surface area contributed by atoms with E-state index < -0.39 is 17.5 Å². The summed E-state index contributed by atoms with van der Waals surface area (Å²) < 4.78 is 41.6. The number of fused-ring (bicyclic) bond motifs is 1. The molecule has 3 rings (SSSR count). The Hall–Kier alpha value is -2.01. The van der Waals surface area contributed by atoms with Crippen LogP contribution in [0.3, 0.4) is 0 Å². The smallest absolute Gasteiger partial charge is 0.160 e. The lowest BCUT2D eigenvalue weighted by molar-refractivity contribution is 0.508. The van der Waals surface area contributed by atoms with Gasteiger partial charge in [0.25, 0.3) is 0 Å². The molecule has 0 unspecified atom stereocenters. The summed E-state index contributed by atoms with van der Waals surface area (Å²) >= 11 is 5.75. The van der Waals surface area contributed by atoms with E-state index in [1.807, 2.05) is 0 Å². The maximum atomic E-state index is 13.5. The number of hydrogen-bond acceptors (Lipinski definition) is 1. The molecule has 2 nitrogen and oxygen atoms in total. The fourth-order valence-corrected chi connectivity index (χ4v) is 2.43. The van der Waals surface area contributed by atoms with E-state index in [0.717, 1.165) is 12.1 Å². The zero-order valence-electron chi connectivity index (χ0n) is 10.8. The Bertz CT molecular complexity index is 814. The monoisotopic (exact) mass is 310 g/mol. The van der Waals surface area contributed by atoms with E-state index in [4.69, 9.17) is 11.6 Å². The maximum Gasteiger partial charge on any atom is 0.160 e. The quantitative estimate of drug-likeness (QED) is 0.662. The summed E-state index contributed by atoms with van der Waals surface area (Å²) in [4.78, 5) is 4.37. The van der Waals surface area contributed by atoms with Gasteiger partial charge in [0.15, 0.2) is 11.6 Å². The Kier molecular flexibility index (Phi) is 3.59. The largest absolute Gasteiger partial charge is 0.296 e. The normalized spacial score (nSPS) is 11.2. The average molecular weight is 311 g/mol. The second-order valence-electron chi connectivity index (χ2n) is 4.53. The Morgan fingerprint density at radius 1 is 1.00 bits per heavy atom. The number of aromatic nitrogens is 2. The Balaban J connectivity index is 2.29. The molecule has 0 aliphatic rings. The van der Waals surface area contributed by atoms with Crippen LogP contribution in [0.2, 0.25) is 0 Å². The third-order valence-electron chi connectivity index (χ3n) is 3.17. The average Bonchev–Trinajstić information content (AvgIpc) is 2.80.